The molecule has 128 valence electrons. The first kappa shape index (κ1) is 18.5. The van der Waals surface area contributed by atoms with E-state index in [1.54, 1.807) is 24.3 Å². The highest BCUT2D eigenvalue weighted by Gasteiger charge is 2.28. The molecule has 0 saturated carbocycles. The highest BCUT2D eigenvalue weighted by molar-refractivity contribution is 9.10. The maximum atomic E-state index is 13.1. The van der Waals surface area contributed by atoms with E-state index in [9.17, 15) is 13.2 Å². The van der Waals surface area contributed by atoms with Crippen LogP contribution in [0.5, 0.6) is 0 Å². The Labute approximate surface area is 150 Å². The predicted molar refractivity (Wildman–Crippen MR) is 96.6 cm³/mol. The molecular weight excluding hydrogens is 394 g/mol. The van der Waals surface area contributed by atoms with Crippen LogP contribution in [0.25, 0.3) is 0 Å². The summed E-state index contributed by atoms with van der Waals surface area (Å²) in [6.07, 6.45) is 0. The summed E-state index contributed by atoms with van der Waals surface area (Å²) >= 11 is 3.28. The van der Waals surface area contributed by atoms with E-state index in [1.807, 2.05) is 19.9 Å². The van der Waals surface area contributed by atoms with E-state index in [0.717, 1.165) is 19.9 Å². The topological polar surface area (TPSA) is 63.7 Å². The summed E-state index contributed by atoms with van der Waals surface area (Å²) in [5.74, 6) is -0.628. The van der Waals surface area contributed by atoms with Crippen LogP contribution in [-0.2, 0) is 19.6 Å². The Morgan fingerprint density at radius 2 is 1.75 bits per heavy atom. The first-order chi connectivity index (χ1) is 11.3. The summed E-state index contributed by atoms with van der Waals surface area (Å²) < 4.78 is 32.7. The molecular formula is C17H18BrNO4S. The first-order valence-corrected chi connectivity index (χ1v) is 9.42. The van der Waals surface area contributed by atoms with E-state index in [4.69, 9.17) is 0 Å². The van der Waals surface area contributed by atoms with Crippen LogP contribution < -0.4 is 4.31 Å². The van der Waals surface area contributed by atoms with Gasteiger partial charge in [0.2, 0.25) is 0 Å². The molecule has 0 aliphatic heterocycles. The van der Waals surface area contributed by atoms with Crippen LogP contribution in [0.15, 0.2) is 51.8 Å². The van der Waals surface area contributed by atoms with Crippen molar-refractivity contribution in [2.24, 2.45) is 0 Å². The van der Waals surface area contributed by atoms with Crippen LogP contribution in [0.3, 0.4) is 0 Å². The Kier molecular flexibility index (Phi) is 5.66. The Bertz CT molecular complexity index is 847. The quantitative estimate of drug-likeness (QED) is 0.706. The Balaban J connectivity index is 2.59. The minimum atomic E-state index is -3.90. The molecule has 7 heteroatoms. The monoisotopic (exact) mass is 411 g/mol. The second kappa shape index (κ2) is 7.36. The number of anilines is 1. The zero-order valence-corrected chi connectivity index (χ0v) is 16.0. The molecule has 2 rings (SSSR count). The van der Waals surface area contributed by atoms with E-state index in [1.165, 1.54) is 19.2 Å². The lowest BCUT2D eigenvalue weighted by atomic mass is 10.1. The number of esters is 1. The minimum Gasteiger partial charge on any atom is -0.468 e. The first-order valence-electron chi connectivity index (χ1n) is 7.18. The number of carbonyl (C=O) groups excluding carboxylic acids is 1. The number of hydrogen-bond acceptors (Lipinski definition) is 4. The third-order valence-electron chi connectivity index (χ3n) is 3.75. The van der Waals surface area contributed by atoms with Crippen LogP contribution in [0.2, 0.25) is 0 Å². The van der Waals surface area contributed by atoms with E-state index in [0.29, 0.717) is 5.69 Å². The number of methoxy groups -OCH3 is 1. The molecule has 0 aliphatic rings. The van der Waals surface area contributed by atoms with Gasteiger partial charge in [-0.3, -0.25) is 9.10 Å². The molecule has 0 radical (unpaired) electrons. The average molecular weight is 412 g/mol. The van der Waals surface area contributed by atoms with Crippen molar-refractivity contribution in [3.05, 3.63) is 58.1 Å². The van der Waals surface area contributed by atoms with Crippen molar-refractivity contribution in [1.82, 2.24) is 0 Å². The Morgan fingerprint density at radius 3 is 2.33 bits per heavy atom. The molecule has 0 spiro atoms. The molecule has 0 saturated heterocycles. The fraction of sp³-hybridized carbons (Fsp3) is 0.235. The molecule has 5 nitrogen and oxygen atoms in total. The molecule has 0 aromatic heterocycles. The zero-order valence-electron chi connectivity index (χ0n) is 13.6. The molecule has 2 aromatic carbocycles. The molecule has 0 unspecified atom stereocenters. The SMILES string of the molecule is COC(=O)CN(c1cccc(C)c1C)S(=O)(=O)c1ccc(Br)cc1. The lowest BCUT2D eigenvalue weighted by Gasteiger charge is -2.25. The van der Waals surface area contributed by atoms with Gasteiger partial charge in [0, 0.05) is 4.47 Å². The predicted octanol–water partition coefficient (Wildman–Crippen LogP) is 3.43. The third kappa shape index (κ3) is 3.79. The fourth-order valence-electron chi connectivity index (χ4n) is 2.22. The van der Waals surface area contributed by atoms with Crippen LogP contribution >= 0.6 is 15.9 Å². The molecule has 0 N–H and O–H groups in total. The van der Waals surface area contributed by atoms with Gasteiger partial charge in [0.25, 0.3) is 10.0 Å². The molecule has 0 fully saturated rings. The van der Waals surface area contributed by atoms with Crippen molar-refractivity contribution >= 4 is 37.6 Å². The molecule has 0 aliphatic carbocycles. The van der Waals surface area contributed by atoms with Crippen LogP contribution in [-0.4, -0.2) is 28.0 Å². The maximum absolute atomic E-state index is 13.1. The van der Waals surface area contributed by atoms with E-state index < -0.39 is 16.0 Å². The molecule has 2 aromatic rings. The standard InChI is InChI=1S/C17H18BrNO4S/c1-12-5-4-6-16(13(12)2)19(11-17(20)23-3)24(21,22)15-9-7-14(18)8-10-15/h4-10H,11H2,1-3H3. The van der Waals surface area contributed by atoms with Crippen molar-refractivity contribution in [3.8, 4) is 0 Å². The summed E-state index contributed by atoms with van der Waals surface area (Å²) in [6, 6.07) is 11.6. The molecule has 0 bridgehead atoms. The van der Waals surface area contributed by atoms with Gasteiger partial charge in [0.15, 0.2) is 0 Å². The number of benzene rings is 2. The summed E-state index contributed by atoms with van der Waals surface area (Å²) in [5, 5.41) is 0. The number of hydrogen-bond donors (Lipinski definition) is 0. The normalized spacial score (nSPS) is 11.2. The summed E-state index contributed by atoms with van der Waals surface area (Å²) in [6.45, 7) is 3.33. The number of sulfonamides is 1. The Morgan fingerprint density at radius 1 is 1.12 bits per heavy atom. The number of ether oxygens (including phenoxy) is 1. The van der Waals surface area contributed by atoms with E-state index in [-0.39, 0.29) is 11.4 Å². The summed E-state index contributed by atoms with van der Waals surface area (Å²) in [4.78, 5) is 11.9. The minimum absolute atomic E-state index is 0.107. The van der Waals surface area contributed by atoms with Gasteiger partial charge >= 0.3 is 5.97 Å². The number of carbonyl (C=O) groups is 1. The lowest BCUT2D eigenvalue weighted by molar-refractivity contribution is -0.138. The van der Waals surface area contributed by atoms with Gasteiger partial charge in [-0.15, -0.1) is 0 Å². The Hall–Kier alpha value is -1.86. The lowest BCUT2D eigenvalue weighted by Crippen LogP contribution is -2.36. The number of rotatable bonds is 5. The van der Waals surface area contributed by atoms with Crippen LogP contribution in [0, 0.1) is 13.8 Å². The van der Waals surface area contributed by atoms with Gasteiger partial charge < -0.3 is 4.74 Å². The van der Waals surface area contributed by atoms with Crippen LogP contribution in [0.1, 0.15) is 11.1 Å². The highest BCUT2D eigenvalue weighted by Crippen LogP contribution is 2.29. The van der Waals surface area contributed by atoms with Crippen molar-refractivity contribution in [2.45, 2.75) is 18.7 Å². The van der Waals surface area contributed by atoms with Crippen LogP contribution in [0.4, 0.5) is 5.69 Å². The van der Waals surface area contributed by atoms with E-state index in [2.05, 4.69) is 20.7 Å². The molecule has 24 heavy (non-hydrogen) atoms. The molecule has 0 amide bonds. The largest absolute Gasteiger partial charge is 0.468 e. The molecule has 0 atom stereocenters. The number of aryl methyl sites for hydroxylation is 1. The van der Waals surface area contributed by atoms with Gasteiger partial charge in [0.05, 0.1) is 17.7 Å². The second-order valence-electron chi connectivity index (χ2n) is 5.26. The smallest absolute Gasteiger partial charge is 0.326 e. The van der Waals surface area contributed by atoms with Gasteiger partial charge in [-0.25, -0.2) is 8.42 Å². The number of halogens is 1. The van der Waals surface area contributed by atoms with Gasteiger partial charge in [-0.05, 0) is 55.3 Å². The maximum Gasteiger partial charge on any atom is 0.326 e. The van der Waals surface area contributed by atoms with Crippen molar-refractivity contribution in [2.75, 3.05) is 18.0 Å². The van der Waals surface area contributed by atoms with Crippen molar-refractivity contribution < 1.29 is 17.9 Å². The van der Waals surface area contributed by atoms with Gasteiger partial charge in [-0.1, -0.05) is 28.1 Å². The average Bonchev–Trinajstić information content (AvgIpc) is 2.55. The van der Waals surface area contributed by atoms with Crippen molar-refractivity contribution in [3.63, 3.8) is 0 Å². The summed E-state index contributed by atoms with van der Waals surface area (Å²) in [5.41, 5.74) is 2.19. The van der Waals surface area contributed by atoms with Gasteiger partial charge in [-0.2, -0.15) is 0 Å². The fourth-order valence-corrected chi connectivity index (χ4v) is 3.95. The molecule has 0 heterocycles. The second-order valence-corrected chi connectivity index (χ2v) is 8.04. The zero-order chi connectivity index (χ0) is 17.9. The highest BCUT2D eigenvalue weighted by atomic mass is 79.9. The summed E-state index contributed by atoms with van der Waals surface area (Å²) in [7, 11) is -2.67. The van der Waals surface area contributed by atoms with Gasteiger partial charge in [0.1, 0.15) is 6.54 Å². The third-order valence-corrected chi connectivity index (χ3v) is 6.05. The van der Waals surface area contributed by atoms with E-state index >= 15 is 0 Å². The van der Waals surface area contributed by atoms with Crippen molar-refractivity contribution in [1.29, 1.82) is 0 Å². The number of nitrogens with zero attached hydrogens (tertiary/aromatic N) is 1.